The Hall–Kier alpha value is -2.90. The molecule has 0 fully saturated rings. The Labute approximate surface area is 223 Å². The van der Waals surface area contributed by atoms with Crippen LogP contribution in [0.25, 0.3) is 0 Å². The molecule has 0 aromatic carbocycles. The molecule has 1 aliphatic carbocycles. The molecule has 0 atom stereocenters. The molecule has 1 rings (SSSR count). The van der Waals surface area contributed by atoms with Crippen molar-refractivity contribution in [2.45, 2.75) is 67.2 Å². The average Bonchev–Trinajstić information content (AvgIpc) is 2.81. The highest BCUT2D eigenvalue weighted by Gasteiger charge is 2.26. The third kappa shape index (κ3) is 15.7. The maximum atomic E-state index is 12.0. The van der Waals surface area contributed by atoms with Crippen molar-refractivity contribution in [3.63, 3.8) is 0 Å². The zero-order valence-electron chi connectivity index (χ0n) is 23.5. The summed E-state index contributed by atoms with van der Waals surface area (Å²) in [7, 11) is 0. The van der Waals surface area contributed by atoms with Crippen molar-refractivity contribution < 1.29 is 24.1 Å². The van der Waals surface area contributed by atoms with Crippen molar-refractivity contribution in [2.24, 2.45) is 5.41 Å². The molecule has 37 heavy (non-hydrogen) atoms. The van der Waals surface area contributed by atoms with Gasteiger partial charge in [-0.3, -0.25) is 9.59 Å². The molecule has 0 bridgehead atoms. The molecule has 0 heterocycles. The van der Waals surface area contributed by atoms with Gasteiger partial charge in [0.15, 0.2) is 0 Å². The predicted octanol–water partition coefficient (Wildman–Crippen LogP) is 5.64. The summed E-state index contributed by atoms with van der Waals surface area (Å²) < 4.78 is 5.34. The van der Waals surface area contributed by atoms with Crippen LogP contribution in [0.15, 0.2) is 71.1 Å². The van der Waals surface area contributed by atoms with Gasteiger partial charge < -0.3 is 20.3 Å². The van der Waals surface area contributed by atoms with Gasteiger partial charge in [-0.2, -0.15) is 4.89 Å². The molecule has 7 nitrogen and oxygen atoms in total. The Bertz CT molecular complexity index is 907. The van der Waals surface area contributed by atoms with E-state index in [0.29, 0.717) is 26.3 Å². The highest BCUT2D eigenvalue weighted by Crippen LogP contribution is 2.40. The smallest absolute Gasteiger partial charge is 0.244 e. The molecule has 0 aromatic rings. The van der Waals surface area contributed by atoms with E-state index >= 15 is 0 Å². The van der Waals surface area contributed by atoms with E-state index in [-0.39, 0.29) is 23.8 Å². The monoisotopic (exact) mass is 514 g/mol. The van der Waals surface area contributed by atoms with Gasteiger partial charge in [0.1, 0.15) is 12.9 Å². The number of carbonyl (C=O) groups excluding carboxylic acids is 2. The van der Waals surface area contributed by atoms with E-state index in [2.05, 4.69) is 56.6 Å². The van der Waals surface area contributed by atoms with Crippen LogP contribution in [0, 0.1) is 5.41 Å². The number of nitrogens with one attached hydrogen (secondary N) is 2. The first-order chi connectivity index (χ1) is 17.6. The number of carbonyl (C=O) groups is 2. The standard InChI is InChI=1S/C30H46N2O5/c1-24(14-15-28-26(3)13-8-16-30(28,5)6)11-7-12-25(2)23-29(34)32-18-10-20-36-37-22-21-35-19-9-17-31-27(4)33/h7,10-12,14-15,20,23H,8-9,13,16-19,21-22H2,1-6H3,(H,31,33)(H,32,34). The molecule has 2 amide bonds. The van der Waals surface area contributed by atoms with Crippen LogP contribution in [-0.2, 0) is 24.1 Å². The molecule has 0 aromatic heterocycles. The van der Waals surface area contributed by atoms with Crippen LogP contribution in [0.5, 0.6) is 0 Å². The fraction of sp³-hybridized carbons (Fsp3) is 0.533. The first-order valence-corrected chi connectivity index (χ1v) is 13.1. The van der Waals surface area contributed by atoms with Crippen molar-refractivity contribution in [3.05, 3.63) is 71.1 Å². The van der Waals surface area contributed by atoms with Gasteiger partial charge in [0.25, 0.3) is 0 Å². The van der Waals surface area contributed by atoms with Crippen LogP contribution in [0.4, 0.5) is 0 Å². The van der Waals surface area contributed by atoms with Gasteiger partial charge in [0.2, 0.25) is 11.8 Å². The second kappa shape index (κ2) is 18.4. The molecule has 7 heteroatoms. The maximum Gasteiger partial charge on any atom is 0.244 e. The Balaban J connectivity index is 2.24. The van der Waals surface area contributed by atoms with Crippen LogP contribution >= 0.6 is 0 Å². The van der Waals surface area contributed by atoms with E-state index < -0.39 is 0 Å². The number of rotatable bonds is 16. The zero-order chi connectivity index (χ0) is 27.5. The second-order valence-corrected chi connectivity index (χ2v) is 9.91. The second-order valence-electron chi connectivity index (χ2n) is 9.91. The lowest BCUT2D eigenvalue weighted by Gasteiger charge is -2.32. The number of hydrogen-bond donors (Lipinski definition) is 2. The summed E-state index contributed by atoms with van der Waals surface area (Å²) in [5.41, 5.74) is 5.21. The minimum absolute atomic E-state index is 0.0450. The first kappa shape index (κ1) is 32.1. The first-order valence-electron chi connectivity index (χ1n) is 13.1. The van der Waals surface area contributed by atoms with E-state index in [1.807, 2.05) is 19.1 Å². The largest absolute Gasteiger partial charge is 0.379 e. The Morgan fingerprint density at radius 1 is 1.03 bits per heavy atom. The minimum atomic E-state index is -0.178. The normalized spacial score (nSPS) is 16.7. The molecular formula is C30H46N2O5. The molecule has 0 saturated carbocycles. The van der Waals surface area contributed by atoms with Gasteiger partial charge in [-0.05, 0) is 69.1 Å². The van der Waals surface area contributed by atoms with Gasteiger partial charge >= 0.3 is 0 Å². The van der Waals surface area contributed by atoms with Gasteiger partial charge in [0.05, 0.1) is 6.61 Å². The maximum absolute atomic E-state index is 12.0. The number of amides is 2. The number of hydrogen-bond acceptors (Lipinski definition) is 5. The lowest BCUT2D eigenvalue weighted by Crippen LogP contribution is -2.22. The van der Waals surface area contributed by atoms with Crippen molar-refractivity contribution in [1.82, 2.24) is 10.6 Å². The summed E-state index contributed by atoms with van der Waals surface area (Å²) >= 11 is 0. The van der Waals surface area contributed by atoms with E-state index in [0.717, 1.165) is 17.6 Å². The van der Waals surface area contributed by atoms with E-state index in [4.69, 9.17) is 14.5 Å². The summed E-state index contributed by atoms with van der Waals surface area (Å²) in [6.45, 7) is 14.5. The van der Waals surface area contributed by atoms with Gasteiger partial charge in [-0.15, -0.1) is 0 Å². The Morgan fingerprint density at radius 2 is 1.81 bits per heavy atom. The fourth-order valence-electron chi connectivity index (χ4n) is 3.91. The summed E-state index contributed by atoms with van der Waals surface area (Å²) in [6.07, 6.45) is 19.4. The summed E-state index contributed by atoms with van der Waals surface area (Å²) in [6, 6.07) is 0. The molecule has 206 valence electrons. The lowest BCUT2D eigenvalue weighted by atomic mass is 9.72. The predicted molar refractivity (Wildman–Crippen MR) is 149 cm³/mol. The third-order valence-electron chi connectivity index (χ3n) is 5.90. The van der Waals surface area contributed by atoms with E-state index in [1.165, 1.54) is 43.6 Å². The molecule has 0 spiro atoms. The number of allylic oxidation sites excluding steroid dienone is 9. The van der Waals surface area contributed by atoms with Crippen molar-refractivity contribution in [3.8, 4) is 0 Å². The topological polar surface area (TPSA) is 85.9 Å². The van der Waals surface area contributed by atoms with Crippen LogP contribution in [0.3, 0.4) is 0 Å². The lowest BCUT2D eigenvalue weighted by molar-refractivity contribution is -0.255. The van der Waals surface area contributed by atoms with Crippen LogP contribution in [0.2, 0.25) is 0 Å². The minimum Gasteiger partial charge on any atom is -0.379 e. The van der Waals surface area contributed by atoms with Gasteiger partial charge in [0, 0.05) is 32.7 Å². The zero-order valence-corrected chi connectivity index (χ0v) is 23.5. The molecular weight excluding hydrogens is 468 g/mol. The van der Waals surface area contributed by atoms with Gasteiger partial charge in [-0.25, -0.2) is 0 Å². The van der Waals surface area contributed by atoms with Gasteiger partial charge in [-0.1, -0.05) is 55.4 Å². The average molecular weight is 515 g/mol. The van der Waals surface area contributed by atoms with Crippen LogP contribution < -0.4 is 10.6 Å². The van der Waals surface area contributed by atoms with E-state index in [9.17, 15) is 9.59 Å². The molecule has 0 aliphatic heterocycles. The fourth-order valence-corrected chi connectivity index (χ4v) is 3.91. The third-order valence-corrected chi connectivity index (χ3v) is 5.90. The number of ether oxygens (including phenoxy) is 1. The summed E-state index contributed by atoms with van der Waals surface area (Å²) in [4.78, 5) is 32.6. The molecule has 0 saturated heterocycles. The molecule has 0 radical (unpaired) electrons. The van der Waals surface area contributed by atoms with Crippen molar-refractivity contribution in [1.29, 1.82) is 0 Å². The molecule has 2 N–H and O–H groups in total. The van der Waals surface area contributed by atoms with Crippen LogP contribution in [-0.4, -0.2) is 44.7 Å². The van der Waals surface area contributed by atoms with E-state index in [1.54, 1.807) is 12.2 Å². The van der Waals surface area contributed by atoms with Crippen LogP contribution in [0.1, 0.15) is 67.2 Å². The summed E-state index contributed by atoms with van der Waals surface area (Å²) in [5.74, 6) is -0.223. The Kier molecular flexibility index (Phi) is 15.9. The van der Waals surface area contributed by atoms with Crippen molar-refractivity contribution in [2.75, 3.05) is 32.9 Å². The summed E-state index contributed by atoms with van der Waals surface area (Å²) in [5, 5.41) is 5.46. The quantitative estimate of drug-likeness (QED) is 0.0695. The SMILES string of the molecule is CC(=O)NCCCOCCOOC=CCNC(=O)C=C(C)C=CC=C(C)C=CC1=C(C)CCCC1(C)C. The molecule has 0 unspecified atom stereocenters. The highest BCUT2D eigenvalue weighted by molar-refractivity contribution is 5.88. The molecule has 1 aliphatic rings. The Morgan fingerprint density at radius 3 is 2.54 bits per heavy atom. The van der Waals surface area contributed by atoms with Crippen molar-refractivity contribution >= 4 is 11.8 Å². The highest BCUT2D eigenvalue weighted by atomic mass is 17.2.